The standard InChI is InChI=1S/C20H20N10O/c1-29-8-7-15(27-29)25-16-9-14(17-20(26-16)22-10-21-17)24-13-6-4-5-12(18(13)31-3)19-23-11-30(2)28-19/h4-11H,1-3H3,(H3,21,22,24,25,26,27). The van der Waals surface area contributed by atoms with Crippen LogP contribution in [0, 0.1) is 0 Å². The summed E-state index contributed by atoms with van der Waals surface area (Å²) in [6.45, 7) is 0. The molecule has 5 aromatic rings. The second-order valence-corrected chi connectivity index (χ2v) is 6.91. The molecule has 1 aromatic carbocycles. The molecule has 0 radical (unpaired) electrons. The molecule has 0 fully saturated rings. The van der Waals surface area contributed by atoms with Gasteiger partial charge < -0.3 is 20.4 Å². The summed E-state index contributed by atoms with van der Waals surface area (Å²) in [6, 6.07) is 9.54. The van der Waals surface area contributed by atoms with Crippen molar-refractivity contribution in [3.8, 4) is 17.1 Å². The zero-order valence-electron chi connectivity index (χ0n) is 17.2. The molecule has 4 aromatic heterocycles. The van der Waals surface area contributed by atoms with E-state index in [0.717, 1.165) is 22.5 Å². The van der Waals surface area contributed by atoms with E-state index in [1.54, 1.807) is 29.1 Å². The lowest BCUT2D eigenvalue weighted by molar-refractivity contribution is 0.418. The molecule has 0 amide bonds. The SMILES string of the molecule is COc1c(Nc2cc(Nc3ccn(C)n3)nc3nc[nH]c23)cccc1-c1ncn(C)n1. The first-order valence-corrected chi connectivity index (χ1v) is 9.51. The van der Waals surface area contributed by atoms with Gasteiger partial charge in [-0.3, -0.25) is 9.36 Å². The maximum absolute atomic E-state index is 5.71. The fourth-order valence-corrected chi connectivity index (χ4v) is 3.34. The van der Waals surface area contributed by atoms with Gasteiger partial charge in [0.25, 0.3) is 0 Å². The summed E-state index contributed by atoms with van der Waals surface area (Å²) in [7, 11) is 5.31. The summed E-state index contributed by atoms with van der Waals surface area (Å²) in [4.78, 5) is 16.4. The minimum absolute atomic E-state index is 0.574. The van der Waals surface area contributed by atoms with Crippen LogP contribution in [-0.2, 0) is 14.1 Å². The average Bonchev–Trinajstić information content (AvgIpc) is 3.49. The van der Waals surface area contributed by atoms with E-state index in [0.29, 0.717) is 28.9 Å². The Morgan fingerprint density at radius 1 is 0.968 bits per heavy atom. The normalized spacial score (nSPS) is 11.1. The van der Waals surface area contributed by atoms with Crippen molar-refractivity contribution in [3.05, 3.63) is 49.2 Å². The van der Waals surface area contributed by atoms with Crippen LogP contribution in [0.3, 0.4) is 0 Å². The highest BCUT2D eigenvalue weighted by Gasteiger charge is 2.16. The van der Waals surface area contributed by atoms with Crippen LogP contribution in [0.25, 0.3) is 22.6 Å². The summed E-state index contributed by atoms with van der Waals surface area (Å²) in [5.41, 5.74) is 3.68. The second kappa shape index (κ2) is 7.44. The van der Waals surface area contributed by atoms with Gasteiger partial charge in [0.05, 0.1) is 30.4 Å². The third kappa shape index (κ3) is 3.52. The Balaban J connectivity index is 1.55. The van der Waals surface area contributed by atoms with Crippen LogP contribution in [0.1, 0.15) is 0 Å². The van der Waals surface area contributed by atoms with Gasteiger partial charge in [-0.15, -0.1) is 0 Å². The lowest BCUT2D eigenvalue weighted by Crippen LogP contribution is -2.01. The van der Waals surface area contributed by atoms with Crippen LogP contribution in [0.15, 0.2) is 49.2 Å². The van der Waals surface area contributed by atoms with E-state index >= 15 is 0 Å². The van der Waals surface area contributed by atoms with Crippen LogP contribution in [0.4, 0.5) is 23.0 Å². The molecule has 0 saturated heterocycles. The summed E-state index contributed by atoms with van der Waals surface area (Å²) < 4.78 is 9.09. The van der Waals surface area contributed by atoms with Crippen molar-refractivity contribution in [1.82, 2.24) is 39.5 Å². The number of aryl methyl sites for hydroxylation is 2. The number of hydrogen-bond acceptors (Lipinski definition) is 8. The highest BCUT2D eigenvalue weighted by Crippen LogP contribution is 2.37. The zero-order chi connectivity index (χ0) is 21.4. The number of anilines is 4. The van der Waals surface area contributed by atoms with Gasteiger partial charge in [-0.25, -0.2) is 15.0 Å². The molecule has 0 aliphatic carbocycles. The van der Waals surface area contributed by atoms with Crippen molar-refractivity contribution in [2.24, 2.45) is 14.1 Å². The molecule has 0 aliphatic rings. The molecule has 0 aliphatic heterocycles. The van der Waals surface area contributed by atoms with Crippen molar-refractivity contribution < 1.29 is 4.74 Å². The fourth-order valence-electron chi connectivity index (χ4n) is 3.34. The largest absolute Gasteiger partial charge is 0.494 e. The number of aromatic amines is 1. The van der Waals surface area contributed by atoms with E-state index in [2.05, 4.69) is 40.8 Å². The molecular weight excluding hydrogens is 396 g/mol. The Morgan fingerprint density at radius 2 is 1.87 bits per heavy atom. The predicted octanol–water partition coefficient (Wildman–Crippen LogP) is 2.98. The van der Waals surface area contributed by atoms with Crippen molar-refractivity contribution >= 4 is 34.2 Å². The number of H-pyrrole nitrogens is 1. The minimum atomic E-state index is 0.574. The Labute approximate surface area is 177 Å². The van der Waals surface area contributed by atoms with E-state index in [4.69, 9.17) is 4.74 Å². The van der Waals surface area contributed by atoms with Gasteiger partial charge in [-0.05, 0) is 12.1 Å². The molecule has 0 spiro atoms. The number of para-hydroxylation sites is 1. The van der Waals surface area contributed by atoms with Crippen molar-refractivity contribution in [2.45, 2.75) is 0 Å². The third-order valence-corrected chi connectivity index (χ3v) is 4.69. The maximum atomic E-state index is 5.71. The Kier molecular flexibility index (Phi) is 4.47. The predicted molar refractivity (Wildman–Crippen MR) is 117 cm³/mol. The lowest BCUT2D eigenvalue weighted by atomic mass is 10.1. The number of hydrogen-bond donors (Lipinski definition) is 3. The summed E-state index contributed by atoms with van der Waals surface area (Å²) in [5, 5.41) is 15.4. The van der Waals surface area contributed by atoms with Crippen LogP contribution < -0.4 is 15.4 Å². The number of benzene rings is 1. The van der Waals surface area contributed by atoms with Crippen LogP contribution in [-0.4, -0.2) is 46.6 Å². The van der Waals surface area contributed by atoms with E-state index in [-0.39, 0.29) is 0 Å². The lowest BCUT2D eigenvalue weighted by Gasteiger charge is -2.15. The van der Waals surface area contributed by atoms with Crippen LogP contribution in [0.5, 0.6) is 5.75 Å². The molecule has 11 nitrogen and oxygen atoms in total. The summed E-state index contributed by atoms with van der Waals surface area (Å²) >= 11 is 0. The van der Waals surface area contributed by atoms with Crippen molar-refractivity contribution in [1.29, 1.82) is 0 Å². The van der Waals surface area contributed by atoms with E-state index < -0.39 is 0 Å². The quantitative estimate of drug-likeness (QED) is 0.386. The number of nitrogens with one attached hydrogen (secondary N) is 3. The number of pyridine rings is 1. The minimum Gasteiger partial charge on any atom is -0.494 e. The van der Waals surface area contributed by atoms with Gasteiger partial charge in [0.2, 0.25) is 0 Å². The number of imidazole rings is 1. The molecule has 0 saturated carbocycles. The van der Waals surface area contributed by atoms with E-state index in [1.165, 1.54) is 0 Å². The first kappa shape index (κ1) is 18.6. The number of nitrogens with zero attached hydrogens (tertiary/aromatic N) is 7. The smallest absolute Gasteiger partial charge is 0.184 e. The molecule has 11 heteroatoms. The van der Waals surface area contributed by atoms with Crippen LogP contribution in [0.2, 0.25) is 0 Å². The van der Waals surface area contributed by atoms with E-state index in [1.807, 2.05) is 50.6 Å². The van der Waals surface area contributed by atoms with Gasteiger partial charge in [0, 0.05) is 32.4 Å². The average molecular weight is 416 g/mol. The van der Waals surface area contributed by atoms with E-state index in [9.17, 15) is 0 Å². The first-order chi connectivity index (χ1) is 15.1. The highest BCUT2D eigenvalue weighted by atomic mass is 16.5. The molecule has 0 atom stereocenters. The fraction of sp³-hybridized carbons (Fsp3) is 0.150. The third-order valence-electron chi connectivity index (χ3n) is 4.69. The number of rotatable bonds is 6. The molecule has 0 unspecified atom stereocenters. The summed E-state index contributed by atoms with van der Waals surface area (Å²) in [5.74, 6) is 2.53. The van der Waals surface area contributed by atoms with Gasteiger partial charge in [-0.2, -0.15) is 10.2 Å². The molecule has 31 heavy (non-hydrogen) atoms. The first-order valence-electron chi connectivity index (χ1n) is 9.51. The number of fused-ring (bicyclic) bond motifs is 1. The molecule has 4 heterocycles. The number of aromatic nitrogens is 8. The Bertz CT molecular complexity index is 1370. The van der Waals surface area contributed by atoms with Gasteiger partial charge in [0.15, 0.2) is 23.0 Å². The molecular formula is C20H20N10O. The van der Waals surface area contributed by atoms with Gasteiger partial charge >= 0.3 is 0 Å². The monoisotopic (exact) mass is 416 g/mol. The molecule has 5 rings (SSSR count). The summed E-state index contributed by atoms with van der Waals surface area (Å²) in [6.07, 6.45) is 5.12. The van der Waals surface area contributed by atoms with Gasteiger partial charge in [-0.1, -0.05) is 6.07 Å². The molecule has 3 N–H and O–H groups in total. The number of ether oxygens (including phenoxy) is 1. The topological polar surface area (TPSA) is 123 Å². The maximum Gasteiger partial charge on any atom is 0.184 e. The van der Waals surface area contributed by atoms with Crippen molar-refractivity contribution in [3.63, 3.8) is 0 Å². The highest BCUT2D eigenvalue weighted by molar-refractivity contribution is 5.91. The Hall–Kier alpha value is -4.41. The van der Waals surface area contributed by atoms with Crippen molar-refractivity contribution in [2.75, 3.05) is 17.7 Å². The number of methoxy groups -OCH3 is 1. The Morgan fingerprint density at radius 3 is 2.61 bits per heavy atom. The van der Waals surface area contributed by atoms with Crippen LogP contribution >= 0.6 is 0 Å². The molecule has 156 valence electrons. The molecule has 0 bridgehead atoms. The van der Waals surface area contributed by atoms with Gasteiger partial charge in [0.1, 0.15) is 17.7 Å². The zero-order valence-corrected chi connectivity index (χ0v) is 17.2. The second-order valence-electron chi connectivity index (χ2n) is 6.91.